The molecule has 4 aliphatic rings. The van der Waals surface area contributed by atoms with Crippen LogP contribution in [-0.4, -0.2) is 19.0 Å². The standard InChI is InChI=1S/C25H28O3/c1-27-15-28-23-8-4-19(5-9-23)24(18-2-6-22(26)7-3-18)25-20-11-16-10-17(13-20)14-21(25)12-16/h2-9,16-17,20-21,26H,10-15H2,1H3. The van der Waals surface area contributed by atoms with Crippen LogP contribution in [0.15, 0.2) is 54.1 Å². The highest BCUT2D eigenvalue weighted by molar-refractivity contribution is 5.83. The molecule has 0 unspecified atom stereocenters. The normalized spacial score (nSPS) is 27.8. The zero-order chi connectivity index (χ0) is 19.1. The number of hydrogen-bond donors (Lipinski definition) is 1. The van der Waals surface area contributed by atoms with Gasteiger partial charge < -0.3 is 14.6 Å². The van der Waals surface area contributed by atoms with Crippen molar-refractivity contribution in [3.63, 3.8) is 0 Å². The molecule has 2 aromatic carbocycles. The number of benzene rings is 2. The number of rotatable bonds is 5. The van der Waals surface area contributed by atoms with Gasteiger partial charge in [0.2, 0.25) is 0 Å². The lowest BCUT2D eigenvalue weighted by Crippen LogP contribution is -2.40. The van der Waals surface area contributed by atoms with Gasteiger partial charge in [-0.25, -0.2) is 0 Å². The molecule has 0 spiro atoms. The van der Waals surface area contributed by atoms with Crippen LogP contribution in [0.25, 0.3) is 5.57 Å². The number of aromatic hydroxyl groups is 1. The molecule has 0 atom stereocenters. The first kappa shape index (κ1) is 17.8. The minimum absolute atomic E-state index is 0.262. The van der Waals surface area contributed by atoms with E-state index < -0.39 is 0 Å². The summed E-state index contributed by atoms with van der Waals surface area (Å²) in [5.74, 6) is 4.48. The maximum atomic E-state index is 9.80. The predicted octanol–water partition coefficient (Wildman–Crippen LogP) is 5.63. The van der Waals surface area contributed by atoms with Gasteiger partial charge in [0.15, 0.2) is 6.79 Å². The van der Waals surface area contributed by atoms with Gasteiger partial charge in [-0.3, -0.25) is 0 Å². The summed E-state index contributed by atoms with van der Waals surface area (Å²) in [6.07, 6.45) is 6.90. The fourth-order valence-corrected chi connectivity index (χ4v) is 6.07. The van der Waals surface area contributed by atoms with Crippen LogP contribution in [0.5, 0.6) is 11.5 Å². The quantitative estimate of drug-likeness (QED) is 0.687. The van der Waals surface area contributed by atoms with Gasteiger partial charge in [-0.1, -0.05) is 29.8 Å². The maximum Gasteiger partial charge on any atom is 0.188 e. The van der Waals surface area contributed by atoms with Gasteiger partial charge >= 0.3 is 0 Å². The van der Waals surface area contributed by atoms with E-state index in [1.54, 1.807) is 12.7 Å². The summed E-state index contributed by atoms with van der Waals surface area (Å²) in [7, 11) is 1.63. The second-order valence-electron chi connectivity index (χ2n) is 8.76. The number of allylic oxidation sites excluding steroid dienone is 1. The Morgan fingerprint density at radius 2 is 1.36 bits per heavy atom. The summed E-state index contributed by atoms with van der Waals surface area (Å²) in [5.41, 5.74) is 5.51. The van der Waals surface area contributed by atoms with Crippen molar-refractivity contribution >= 4 is 5.57 Å². The summed E-state index contributed by atoms with van der Waals surface area (Å²) >= 11 is 0. The Bertz CT molecular complexity index is 834. The molecule has 4 aliphatic carbocycles. The minimum atomic E-state index is 0.262. The van der Waals surface area contributed by atoms with E-state index in [0.717, 1.165) is 29.4 Å². The van der Waals surface area contributed by atoms with E-state index >= 15 is 0 Å². The molecule has 0 aromatic heterocycles. The second kappa shape index (κ2) is 7.29. The summed E-state index contributed by atoms with van der Waals surface area (Å²) < 4.78 is 10.6. The van der Waals surface area contributed by atoms with Crippen molar-refractivity contribution in [2.45, 2.75) is 32.1 Å². The van der Waals surface area contributed by atoms with Crippen molar-refractivity contribution in [2.24, 2.45) is 23.7 Å². The molecule has 1 N–H and O–H groups in total. The maximum absolute atomic E-state index is 9.80. The molecule has 3 heteroatoms. The first-order chi connectivity index (χ1) is 13.7. The minimum Gasteiger partial charge on any atom is -0.508 e. The highest BCUT2D eigenvalue weighted by atomic mass is 16.7. The van der Waals surface area contributed by atoms with E-state index in [4.69, 9.17) is 9.47 Å². The van der Waals surface area contributed by atoms with Gasteiger partial charge in [-0.2, -0.15) is 0 Å². The third kappa shape index (κ3) is 3.22. The molecule has 146 valence electrons. The van der Waals surface area contributed by atoms with Crippen LogP contribution in [0.1, 0.15) is 43.2 Å². The predicted molar refractivity (Wildman–Crippen MR) is 110 cm³/mol. The van der Waals surface area contributed by atoms with Gasteiger partial charge in [0.05, 0.1) is 0 Å². The Balaban J connectivity index is 1.59. The van der Waals surface area contributed by atoms with Crippen molar-refractivity contribution < 1.29 is 14.6 Å². The molecular weight excluding hydrogens is 348 g/mol. The van der Waals surface area contributed by atoms with Gasteiger partial charge in [-0.05, 0) is 96.7 Å². The molecule has 4 bridgehead atoms. The van der Waals surface area contributed by atoms with Crippen LogP contribution in [0, 0.1) is 23.7 Å². The fraction of sp³-hybridized carbons (Fsp3) is 0.440. The molecule has 0 heterocycles. The summed E-state index contributed by atoms with van der Waals surface area (Å²) in [4.78, 5) is 0. The van der Waals surface area contributed by atoms with Crippen molar-refractivity contribution in [3.8, 4) is 11.5 Å². The lowest BCUT2D eigenvalue weighted by atomic mass is 9.53. The average molecular weight is 376 g/mol. The first-order valence-electron chi connectivity index (χ1n) is 10.5. The largest absolute Gasteiger partial charge is 0.508 e. The highest BCUT2D eigenvalue weighted by Crippen LogP contribution is 2.58. The third-order valence-electron chi connectivity index (χ3n) is 6.95. The number of phenols is 1. The summed E-state index contributed by atoms with van der Waals surface area (Å²) in [6, 6.07) is 16.2. The van der Waals surface area contributed by atoms with E-state index in [0.29, 0.717) is 5.75 Å². The van der Waals surface area contributed by atoms with E-state index in [1.807, 2.05) is 24.3 Å². The van der Waals surface area contributed by atoms with Crippen LogP contribution in [0.2, 0.25) is 0 Å². The molecular formula is C25H28O3. The topological polar surface area (TPSA) is 38.7 Å². The van der Waals surface area contributed by atoms with E-state index in [2.05, 4.69) is 24.3 Å². The number of ether oxygens (including phenoxy) is 2. The Hall–Kier alpha value is -2.26. The van der Waals surface area contributed by atoms with Crippen molar-refractivity contribution in [1.29, 1.82) is 0 Å². The number of hydrogen-bond acceptors (Lipinski definition) is 3. The van der Waals surface area contributed by atoms with Crippen LogP contribution in [0.4, 0.5) is 0 Å². The van der Waals surface area contributed by atoms with E-state index in [1.165, 1.54) is 48.8 Å². The molecule has 0 saturated heterocycles. The zero-order valence-corrected chi connectivity index (χ0v) is 16.4. The van der Waals surface area contributed by atoms with Gasteiger partial charge in [0, 0.05) is 7.11 Å². The van der Waals surface area contributed by atoms with Crippen LogP contribution < -0.4 is 4.74 Å². The molecule has 2 aromatic rings. The van der Waals surface area contributed by atoms with Crippen LogP contribution in [0.3, 0.4) is 0 Å². The molecule has 0 radical (unpaired) electrons. The molecule has 0 aliphatic heterocycles. The summed E-state index contributed by atoms with van der Waals surface area (Å²) in [5, 5.41) is 9.80. The van der Waals surface area contributed by atoms with Crippen molar-refractivity contribution in [3.05, 3.63) is 65.2 Å². The average Bonchev–Trinajstić information content (AvgIpc) is 2.70. The van der Waals surface area contributed by atoms with Gasteiger partial charge in [0.1, 0.15) is 11.5 Å². The number of phenolic OH excluding ortho intramolecular Hbond substituents is 1. The first-order valence-corrected chi connectivity index (χ1v) is 10.5. The lowest BCUT2D eigenvalue weighted by molar-refractivity contribution is 0.0511. The Morgan fingerprint density at radius 3 is 1.89 bits per heavy atom. The van der Waals surface area contributed by atoms with Crippen molar-refractivity contribution in [2.75, 3.05) is 13.9 Å². The molecule has 3 nitrogen and oxygen atoms in total. The third-order valence-corrected chi connectivity index (χ3v) is 6.95. The Labute approximate surface area is 167 Å². The number of methoxy groups -OCH3 is 1. The van der Waals surface area contributed by atoms with E-state index in [9.17, 15) is 5.11 Å². The molecule has 28 heavy (non-hydrogen) atoms. The SMILES string of the molecule is COCOc1ccc(C(=C2C3CC4CC(C3)CC2C4)c2ccc(O)cc2)cc1. The lowest BCUT2D eigenvalue weighted by Gasteiger charge is -2.52. The smallest absolute Gasteiger partial charge is 0.188 e. The summed E-state index contributed by atoms with van der Waals surface area (Å²) in [6.45, 7) is 0.262. The Kier molecular flexibility index (Phi) is 4.64. The fourth-order valence-electron chi connectivity index (χ4n) is 6.07. The van der Waals surface area contributed by atoms with E-state index in [-0.39, 0.29) is 6.79 Å². The van der Waals surface area contributed by atoms with Gasteiger partial charge in [-0.15, -0.1) is 0 Å². The highest BCUT2D eigenvalue weighted by Gasteiger charge is 2.46. The molecule has 0 amide bonds. The molecule has 4 saturated carbocycles. The van der Waals surface area contributed by atoms with Crippen LogP contribution >= 0.6 is 0 Å². The zero-order valence-electron chi connectivity index (χ0n) is 16.4. The second-order valence-corrected chi connectivity index (χ2v) is 8.76. The van der Waals surface area contributed by atoms with Gasteiger partial charge in [0.25, 0.3) is 0 Å². The molecule has 4 fully saturated rings. The monoisotopic (exact) mass is 376 g/mol. The van der Waals surface area contributed by atoms with Crippen molar-refractivity contribution in [1.82, 2.24) is 0 Å². The molecule has 6 rings (SSSR count). The Morgan fingerprint density at radius 1 is 0.821 bits per heavy atom. The van der Waals surface area contributed by atoms with Crippen LogP contribution in [-0.2, 0) is 4.74 Å².